The largest absolute Gasteiger partial charge is 0.487 e. The van der Waals surface area contributed by atoms with E-state index in [1.54, 1.807) is 17.4 Å². The van der Waals surface area contributed by atoms with Gasteiger partial charge in [-0.1, -0.05) is 11.6 Å². The number of hydrogen-bond acceptors (Lipinski definition) is 3. The summed E-state index contributed by atoms with van der Waals surface area (Å²) in [5.74, 6) is -0.531. The molecule has 0 atom stereocenters. The average Bonchev–Trinajstić information content (AvgIpc) is 2.73. The van der Waals surface area contributed by atoms with Gasteiger partial charge in [0.05, 0.1) is 14.4 Å². The number of benzene rings is 1. The topological polar surface area (TPSA) is 46.5 Å². The van der Waals surface area contributed by atoms with Gasteiger partial charge >= 0.3 is 5.97 Å². The van der Waals surface area contributed by atoms with E-state index < -0.39 is 5.97 Å². The van der Waals surface area contributed by atoms with Crippen LogP contribution in [0.5, 0.6) is 5.75 Å². The number of carboxylic acids is 1. The SMILES string of the molecule is O=C(O)c1ccc(OCc2ccc(Br)s2)c(Cl)c1. The van der Waals surface area contributed by atoms with Gasteiger partial charge in [0.25, 0.3) is 0 Å². The fourth-order valence-electron chi connectivity index (χ4n) is 1.33. The van der Waals surface area contributed by atoms with Crippen LogP contribution in [0.25, 0.3) is 0 Å². The lowest BCUT2D eigenvalue weighted by atomic mass is 10.2. The minimum Gasteiger partial charge on any atom is -0.487 e. The van der Waals surface area contributed by atoms with E-state index in [1.807, 2.05) is 12.1 Å². The third-order valence-electron chi connectivity index (χ3n) is 2.18. The fraction of sp³-hybridized carbons (Fsp3) is 0.0833. The minimum absolute atomic E-state index is 0.145. The first-order valence-electron chi connectivity index (χ1n) is 4.96. The molecule has 0 fully saturated rings. The molecule has 1 N–H and O–H groups in total. The van der Waals surface area contributed by atoms with Crippen LogP contribution in [0.2, 0.25) is 5.02 Å². The van der Waals surface area contributed by atoms with Crippen molar-refractivity contribution in [3.05, 3.63) is 49.6 Å². The van der Waals surface area contributed by atoms with Crippen LogP contribution in [0.1, 0.15) is 15.2 Å². The Kier molecular flexibility index (Phi) is 4.27. The van der Waals surface area contributed by atoms with Crippen LogP contribution in [-0.2, 0) is 6.61 Å². The molecular weight excluding hydrogens is 340 g/mol. The maximum absolute atomic E-state index is 10.7. The van der Waals surface area contributed by atoms with E-state index in [9.17, 15) is 4.79 Å². The Balaban J connectivity index is 2.08. The van der Waals surface area contributed by atoms with E-state index >= 15 is 0 Å². The Morgan fingerprint density at radius 1 is 1.39 bits per heavy atom. The van der Waals surface area contributed by atoms with Gasteiger partial charge in [-0.2, -0.15) is 0 Å². The number of hydrogen-bond donors (Lipinski definition) is 1. The number of carboxylic acid groups (broad SMARTS) is 1. The monoisotopic (exact) mass is 346 g/mol. The van der Waals surface area contributed by atoms with Crippen LogP contribution in [0.15, 0.2) is 34.1 Å². The maximum Gasteiger partial charge on any atom is 0.335 e. The Morgan fingerprint density at radius 3 is 2.72 bits per heavy atom. The molecule has 2 rings (SSSR count). The maximum atomic E-state index is 10.7. The predicted octanol–water partition coefficient (Wildman–Crippen LogP) is 4.44. The van der Waals surface area contributed by atoms with E-state index in [-0.39, 0.29) is 5.56 Å². The number of rotatable bonds is 4. The van der Waals surface area contributed by atoms with Crippen molar-refractivity contribution in [2.75, 3.05) is 0 Å². The smallest absolute Gasteiger partial charge is 0.335 e. The summed E-state index contributed by atoms with van der Waals surface area (Å²) in [6.45, 7) is 0.405. The molecule has 6 heteroatoms. The van der Waals surface area contributed by atoms with E-state index in [4.69, 9.17) is 21.4 Å². The lowest BCUT2D eigenvalue weighted by Crippen LogP contribution is -1.98. The molecule has 0 aliphatic rings. The Labute approximate surface area is 121 Å². The zero-order valence-electron chi connectivity index (χ0n) is 9.02. The summed E-state index contributed by atoms with van der Waals surface area (Å²) >= 11 is 10.9. The molecule has 0 unspecified atom stereocenters. The zero-order chi connectivity index (χ0) is 13.1. The van der Waals surface area contributed by atoms with Crippen molar-refractivity contribution in [1.29, 1.82) is 0 Å². The highest BCUT2D eigenvalue weighted by molar-refractivity contribution is 9.11. The van der Waals surface area contributed by atoms with Crippen molar-refractivity contribution in [2.24, 2.45) is 0 Å². The highest BCUT2D eigenvalue weighted by atomic mass is 79.9. The van der Waals surface area contributed by atoms with Gasteiger partial charge in [0.1, 0.15) is 12.4 Å². The summed E-state index contributed by atoms with van der Waals surface area (Å²) < 4.78 is 6.57. The molecule has 0 spiro atoms. The molecule has 0 saturated carbocycles. The molecule has 3 nitrogen and oxygen atoms in total. The Morgan fingerprint density at radius 2 is 2.17 bits per heavy atom. The highest BCUT2D eigenvalue weighted by Crippen LogP contribution is 2.28. The van der Waals surface area contributed by atoms with Crippen LogP contribution >= 0.6 is 38.9 Å². The predicted molar refractivity (Wildman–Crippen MR) is 74.8 cm³/mol. The van der Waals surface area contributed by atoms with Crippen molar-refractivity contribution in [1.82, 2.24) is 0 Å². The van der Waals surface area contributed by atoms with Gasteiger partial charge in [-0.05, 0) is 46.3 Å². The van der Waals surface area contributed by atoms with Crippen molar-refractivity contribution in [3.8, 4) is 5.75 Å². The standard InChI is InChI=1S/C12H8BrClO3S/c13-11-4-2-8(18-11)6-17-10-3-1-7(12(15)16)5-9(10)14/h1-5H,6H2,(H,15,16). The van der Waals surface area contributed by atoms with Crippen molar-refractivity contribution in [2.45, 2.75) is 6.61 Å². The molecule has 0 aliphatic carbocycles. The molecule has 0 aliphatic heterocycles. The zero-order valence-corrected chi connectivity index (χ0v) is 12.2. The first-order valence-corrected chi connectivity index (χ1v) is 6.95. The van der Waals surface area contributed by atoms with Gasteiger partial charge in [0.15, 0.2) is 0 Å². The number of thiophene rings is 1. The molecule has 1 aromatic carbocycles. The van der Waals surface area contributed by atoms with Crippen molar-refractivity contribution >= 4 is 44.8 Å². The molecule has 1 heterocycles. The van der Waals surface area contributed by atoms with E-state index in [0.29, 0.717) is 17.4 Å². The molecule has 0 saturated heterocycles. The van der Waals surface area contributed by atoms with E-state index in [1.165, 1.54) is 12.1 Å². The normalized spacial score (nSPS) is 10.3. The van der Waals surface area contributed by atoms with Crippen LogP contribution in [0.4, 0.5) is 0 Å². The van der Waals surface area contributed by atoms with Gasteiger partial charge in [-0.3, -0.25) is 0 Å². The molecule has 0 radical (unpaired) electrons. The van der Waals surface area contributed by atoms with Gasteiger partial charge in [0, 0.05) is 4.88 Å². The van der Waals surface area contributed by atoms with Gasteiger partial charge in [-0.25, -0.2) is 4.79 Å². The number of ether oxygens (including phenoxy) is 1. The number of halogens is 2. The minimum atomic E-state index is -1.01. The van der Waals surface area contributed by atoms with Gasteiger partial charge in [0.2, 0.25) is 0 Å². The number of aromatic carboxylic acids is 1. The summed E-state index contributed by atoms with van der Waals surface area (Å²) in [5, 5.41) is 9.10. The second-order valence-corrected chi connectivity index (χ2v) is 6.40. The van der Waals surface area contributed by atoms with Crippen LogP contribution in [-0.4, -0.2) is 11.1 Å². The first kappa shape index (κ1) is 13.4. The fourth-order valence-corrected chi connectivity index (χ4v) is 2.96. The molecular formula is C12H8BrClO3S. The third-order valence-corrected chi connectivity index (χ3v) is 4.07. The molecule has 1 aromatic heterocycles. The molecule has 18 heavy (non-hydrogen) atoms. The van der Waals surface area contributed by atoms with E-state index in [2.05, 4.69) is 15.9 Å². The van der Waals surface area contributed by atoms with Crippen molar-refractivity contribution in [3.63, 3.8) is 0 Å². The van der Waals surface area contributed by atoms with Crippen LogP contribution < -0.4 is 4.74 Å². The second kappa shape index (κ2) is 5.73. The van der Waals surface area contributed by atoms with Gasteiger partial charge in [-0.15, -0.1) is 11.3 Å². The summed E-state index contributed by atoms with van der Waals surface area (Å²) in [7, 11) is 0. The summed E-state index contributed by atoms with van der Waals surface area (Å²) in [6, 6.07) is 8.30. The summed E-state index contributed by atoms with van der Waals surface area (Å²) in [6.07, 6.45) is 0. The average molecular weight is 348 g/mol. The molecule has 0 bridgehead atoms. The number of carbonyl (C=O) groups is 1. The summed E-state index contributed by atoms with van der Waals surface area (Å²) in [4.78, 5) is 11.8. The Hall–Kier alpha value is -1.04. The lowest BCUT2D eigenvalue weighted by Gasteiger charge is -2.07. The van der Waals surface area contributed by atoms with Crippen LogP contribution in [0.3, 0.4) is 0 Å². The quantitative estimate of drug-likeness (QED) is 0.889. The third kappa shape index (κ3) is 3.25. The van der Waals surface area contributed by atoms with Gasteiger partial charge < -0.3 is 9.84 Å². The molecule has 0 amide bonds. The van der Waals surface area contributed by atoms with Crippen LogP contribution in [0, 0.1) is 0 Å². The Bertz CT molecular complexity index is 582. The van der Waals surface area contributed by atoms with E-state index in [0.717, 1.165) is 8.66 Å². The summed E-state index contributed by atoms with van der Waals surface area (Å²) in [5.41, 5.74) is 0.145. The van der Waals surface area contributed by atoms with Crippen molar-refractivity contribution < 1.29 is 14.6 Å². The first-order chi connectivity index (χ1) is 8.56. The lowest BCUT2D eigenvalue weighted by molar-refractivity contribution is 0.0697. The highest BCUT2D eigenvalue weighted by Gasteiger charge is 2.08. The molecule has 94 valence electrons. The molecule has 2 aromatic rings. The second-order valence-electron chi connectivity index (χ2n) is 3.44.